The van der Waals surface area contributed by atoms with E-state index >= 15 is 0 Å². The molecule has 0 N–H and O–H groups in total. The highest BCUT2D eigenvalue weighted by molar-refractivity contribution is 5.60. The van der Waals surface area contributed by atoms with Crippen molar-refractivity contribution in [2.75, 3.05) is 0 Å². The molecule has 2 aliphatic carbocycles. The summed E-state index contributed by atoms with van der Waals surface area (Å²) in [5.41, 5.74) is 0. The van der Waals surface area contributed by atoms with Gasteiger partial charge in [0.2, 0.25) is 0 Å². The lowest BCUT2D eigenvalue weighted by Gasteiger charge is -2.20. The molecule has 2 fully saturated rings. The maximum atomic E-state index is 11.0. The van der Waals surface area contributed by atoms with Crippen LogP contribution in [0, 0.1) is 11.8 Å². The van der Waals surface area contributed by atoms with Crippen molar-refractivity contribution in [3.63, 3.8) is 0 Å². The standard InChI is InChI=1S/C10H14O3/c1-2-12-10(11)13-9-6-7-3-4-8(9)5-7/h2,7-9H,1,3-6H2. The molecular weight excluding hydrogens is 168 g/mol. The minimum atomic E-state index is -0.604. The molecule has 0 amide bonds. The van der Waals surface area contributed by atoms with Crippen LogP contribution in [0.3, 0.4) is 0 Å². The van der Waals surface area contributed by atoms with E-state index < -0.39 is 6.16 Å². The van der Waals surface area contributed by atoms with E-state index in [0.29, 0.717) is 5.92 Å². The van der Waals surface area contributed by atoms with Crippen LogP contribution in [0.1, 0.15) is 25.7 Å². The smallest absolute Gasteiger partial charge is 0.430 e. The van der Waals surface area contributed by atoms with E-state index in [9.17, 15) is 4.79 Å². The molecule has 72 valence electrons. The minimum Gasteiger partial charge on any atom is -0.430 e. The summed E-state index contributed by atoms with van der Waals surface area (Å²) in [6.07, 6.45) is 5.37. The van der Waals surface area contributed by atoms with Crippen LogP contribution in [0.5, 0.6) is 0 Å². The fourth-order valence-electron chi connectivity index (χ4n) is 2.55. The average molecular weight is 182 g/mol. The van der Waals surface area contributed by atoms with Gasteiger partial charge in [0.1, 0.15) is 6.10 Å². The van der Waals surface area contributed by atoms with Crippen molar-refractivity contribution in [3.05, 3.63) is 12.8 Å². The molecule has 0 aromatic heterocycles. The highest BCUT2D eigenvalue weighted by Crippen LogP contribution is 2.45. The van der Waals surface area contributed by atoms with Gasteiger partial charge in [-0.25, -0.2) is 4.79 Å². The van der Waals surface area contributed by atoms with Crippen LogP contribution in [0.2, 0.25) is 0 Å². The number of fused-ring (bicyclic) bond motifs is 2. The molecule has 0 aliphatic heterocycles. The van der Waals surface area contributed by atoms with Gasteiger partial charge in [-0.05, 0) is 37.5 Å². The van der Waals surface area contributed by atoms with Crippen molar-refractivity contribution < 1.29 is 14.3 Å². The summed E-state index contributed by atoms with van der Waals surface area (Å²) in [5.74, 6) is 1.37. The predicted molar refractivity (Wildman–Crippen MR) is 47.0 cm³/mol. The van der Waals surface area contributed by atoms with Crippen molar-refractivity contribution in [2.24, 2.45) is 11.8 Å². The van der Waals surface area contributed by atoms with Gasteiger partial charge in [-0.2, -0.15) is 0 Å². The fraction of sp³-hybridized carbons (Fsp3) is 0.700. The molecule has 2 saturated carbocycles. The van der Waals surface area contributed by atoms with E-state index in [2.05, 4.69) is 11.3 Å². The van der Waals surface area contributed by atoms with Crippen molar-refractivity contribution in [1.82, 2.24) is 0 Å². The molecule has 0 radical (unpaired) electrons. The summed E-state index contributed by atoms with van der Waals surface area (Å²) in [6.45, 7) is 3.30. The minimum absolute atomic E-state index is 0.103. The van der Waals surface area contributed by atoms with Gasteiger partial charge in [0.05, 0.1) is 6.26 Å². The molecule has 2 aliphatic rings. The Bertz CT molecular complexity index is 224. The molecule has 0 heterocycles. The lowest BCUT2D eigenvalue weighted by molar-refractivity contribution is 0.0236. The maximum absolute atomic E-state index is 11.0. The Labute approximate surface area is 77.7 Å². The van der Waals surface area contributed by atoms with Gasteiger partial charge in [0.25, 0.3) is 0 Å². The lowest BCUT2D eigenvalue weighted by atomic mass is 9.98. The SMILES string of the molecule is C=COC(=O)OC1CC2CCC1C2. The zero-order valence-electron chi connectivity index (χ0n) is 7.57. The first kappa shape index (κ1) is 8.60. The molecule has 0 aromatic rings. The largest absolute Gasteiger partial charge is 0.513 e. The number of carbonyl (C=O) groups is 1. The van der Waals surface area contributed by atoms with E-state index in [1.54, 1.807) is 0 Å². The number of ether oxygens (including phenoxy) is 2. The lowest BCUT2D eigenvalue weighted by Crippen LogP contribution is -2.23. The Morgan fingerprint density at radius 3 is 2.77 bits per heavy atom. The Kier molecular flexibility index (Phi) is 2.25. The maximum Gasteiger partial charge on any atom is 0.513 e. The quantitative estimate of drug-likeness (QED) is 0.486. The molecule has 3 atom stereocenters. The second-order valence-electron chi connectivity index (χ2n) is 3.87. The summed E-state index contributed by atoms with van der Waals surface area (Å²) in [7, 11) is 0. The van der Waals surface area contributed by atoms with Crippen LogP contribution >= 0.6 is 0 Å². The summed E-state index contributed by atoms with van der Waals surface area (Å²) >= 11 is 0. The Balaban J connectivity index is 1.82. The van der Waals surface area contributed by atoms with E-state index in [1.165, 1.54) is 19.3 Å². The molecule has 3 nitrogen and oxygen atoms in total. The first-order valence-electron chi connectivity index (χ1n) is 4.77. The normalized spacial score (nSPS) is 35.8. The zero-order chi connectivity index (χ0) is 9.26. The van der Waals surface area contributed by atoms with Crippen molar-refractivity contribution in [2.45, 2.75) is 31.8 Å². The summed E-state index contributed by atoms with van der Waals surface area (Å²) in [6, 6.07) is 0. The monoisotopic (exact) mass is 182 g/mol. The predicted octanol–water partition coefficient (Wildman–Crippen LogP) is 2.47. The van der Waals surface area contributed by atoms with Crippen LogP contribution in [-0.4, -0.2) is 12.3 Å². The van der Waals surface area contributed by atoms with E-state index in [4.69, 9.17) is 4.74 Å². The van der Waals surface area contributed by atoms with Gasteiger partial charge in [-0.1, -0.05) is 6.58 Å². The molecule has 2 bridgehead atoms. The molecule has 0 spiro atoms. The Morgan fingerprint density at radius 2 is 2.23 bits per heavy atom. The van der Waals surface area contributed by atoms with Gasteiger partial charge in [-0.15, -0.1) is 0 Å². The number of rotatable bonds is 2. The third-order valence-electron chi connectivity index (χ3n) is 3.10. The molecule has 2 rings (SSSR count). The van der Waals surface area contributed by atoms with Crippen LogP contribution in [-0.2, 0) is 9.47 Å². The highest BCUT2D eigenvalue weighted by atomic mass is 16.7. The number of carbonyl (C=O) groups excluding carboxylic acids is 1. The van der Waals surface area contributed by atoms with Crippen molar-refractivity contribution in [3.8, 4) is 0 Å². The van der Waals surface area contributed by atoms with Crippen LogP contribution in [0.25, 0.3) is 0 Å². The van der Waals surface area contributed by atoms with E-state index in [0.717, 1.165) is 18.6 Å². The van der Waals surface area contributed by atoms with Gasteiger partial charge in [0.15, 0.2) is 0 Å². The van der Waals surface area contributed by atoms with E-state index in [-0.39, 0.29) is 6.10 Å². The summed E-state index contributed by atoms with van der Waals surface area (Å²) < 4.78 is 9.67. The molecule has 3 heteroatoms. The van der Waals surface area contributed by atoms with Gasteiger partial charge < -0.3 is 9.47 Å². The van der Waals surface area contributed by atoms with Gasteiger partial charge in [-0.3, -0.25) is 0 Å². The second kappa shape index (κ2) is 3.40. The van der Waals surface area contributed by atoms with E-state index in [1.807, 2.05) is 0 Å². The van der Waals surface area contributed by atoms with Crippen LogP contribution in [0.4, 0.5) is 4.79 Å². The third-order valence-corrected chi connectivity index (χ3v) is 3.10. The summed E-state index contributed by atoms with van der Waals surface area (Å²) in [4.78, 5) is 11.0. The number of hydrogen-bond donors (Lipinski definition) is 0. The third kappa shape index (κ3) is 1.69. The van der Waals surface area contributed by atoms with Gasteiger partial charge >= 0.3 is 6.16 Å². The molecule has 0 aromatic carbocycles. The van der Waals surface area contributed by atoms with Crippen molar-refractivity contribution >= 4 is 6.16 Å². The molecule has 0 saturated heterocycles. The number of hydrogen-bond acceptors (Lipinski definition) is 3. The first-order chi connectivity index (χ1) is 6.29. The zero-order valence-corrected chi connectivity index (χ0v) is 7.57. The first-order valence-corrected chi connectivity index (χ1v) is 4.77. The Morgan fingerprint density at radius 1 is 1.38 bits per heavy atom. The van der Waals surface area contributed by atoms with Crippen LogP contribution < -0.4 is 0 Å². The summed E-state index contributed by atoms with van der Waals surface area (Å²) in [5, 5.41) is 0. The molecule has 13 heavy (non-hydrogen) atoms. The van der Waals surface area contributed by atoms with Crippen molar-refractivity contribution in [1.29, 1.82) is 0 Å². The Hall–Kier alpha value is -0.990. The molecular formula is C10H14O3. The topological polar surface area (TPSA) is 35.5 Å². The van der Waals surface area contributed by atoms with Gasteiger partial charge in [0, 0.05) is 0 Å². The van der Waals surface area contributed by atoms with Crippen LogP contribution in [0.15, 0.2) is 12.8 Å². The second-order valence-corrected chi connectivity index (χ2v) is 3.87. The fourth-order valence-corrected chi connectivity index (χ4v) is 2.55. The average Bonchev–Trinajstić information content (AvgIpc) is 2.65. The molecule has 3 unspecified atom stereocenters. The highest BCUT2D eigenvalue weighted by Gasteiger charge is 2.41.